The van der Waals surface area contributed by atoms with Gasteiger partial charge in [-0.1, -0.05) is 24.3 Å². The number of benzene rings is 2. The second kappa shape index (κ2) is 6.14. The number of carboxylic acids is 1. The number of carbonyl (C=O) groups is 1. The normalized spacial score (nSPS) is 12.1. The standard InChI is InChI=1S/C17H19NO4S/c1-17(2,3)18-23(21,22)15-6-4-5-14(11-15)12-7-9-13(10-8-12)16(19)20/h4-11,18H,1-3H3,(H,19,20). The van der Waals surface area contributed by atoms with E-state index in [9.17, 15) is 13.2 Å². The van der Waals surface area contributed by atoms with Crippen LogP contribution in [0.2, 0.25) is 0 Å². The topological polar surface area (TPSA) is 83.5 Å². The first-order valence-electron chi connectivity index (χ1n) is 7.06. The zero-order valence-electron chi connectivity index (χ0n) is 13.2. The number of hydrogen-bond acceptors (Lipinski definition) is 3. The zero-order chi connectivity index (χ0) is 17.3. The zero-order valence-corrected chi connectivity index (χ0v) is 14.0. The summed E-state index contributed by atoms with van der Waals surface area (Å²) < 4.78 is 27.4. The predicted octanol–water partition coefficient (Wildman–Crippen LogP) is 3.13. The lowest BCUT2D eigenvalue weighted by Crippen LogP contribution is -2.40. The maximum absolute atomic E-state index is 12.4. The van der Waals surface area contributed by atoms with Crippen molar-refractivity contribution >= 4 is 16.0 Å². The molecule has 0 bridgehead atoms. The molecule has 0 aliphatic rings. The molecule has 0 atom stereocenters. The predicted molar refractivity (Wildman–Crippen MR) is 88.9 cm³/mol. The van der Waals surface area contributed by atoms with Crippen molar-refractivity contribution in [1.82, 2.24) is 4.72 Å². The van der Waals surface area contributed by atoms with Crippen molar-refractivity contribution in [2.75, 3.05) is 0 Å². The van der Waals surface area contributed by atoms with Crippen LogP contribution in [-0.4, -0.2) is 25.0 Å². The van der Waals surface area contributed by atoms with Gasteiger partial charge in [0.2, 0.25) is 10.0 Å². The molecule has 0 unspecified atom stereocenters. The number of carboxylic acid groups (broad SMARTS) is 1. The summed E-state index contributed by atoms with van der Waals surface area (Å²) in [6.45, 7) is 5.33. The summed E-state index contributed by atoms with van der Waals surface area (Å²) in [7, 11) is -3.61. The fourth-order valence-corrected chi connectivity index (χ4v) is 3.57. The third kappa shape index (κ3) is 4.40. The maximum atomic E-state index is 12.4. The quantitative estimate of drug-likeness (QED) is 0.900. The highest BCUT2D eigenvalue weighted by Crippen LogP contribution is 2.23. The van der Waals surface area contributed by atoms with Crippen LogP contribution in [0.4, 0.5) is 0 Å². The molecule has 122 valence electrons. The van der Waals surface area contributed by atoms with Gasteiger partial charge in [0.05, 0.1) is 10.5 Å². The van der Waals surface area contributed by atoms with Gasteiger partial charge in [-0.2, -0.15) is 0 Å². The van der Waals surface area contributed by atoms with Crippen LogP contribution in [0.5, 0.6) is 0 Å². The smallest absolute Gasteiger partial charge is 0.335 e. The van der Waals surface area contributed by atoms with E-state index < -0.39 is 21.5 Å². The highest BCUT2D eigenvalue weighted by atomic mass is 32.2. The van der Waals surface area contributed by atoms with Crippen LogP contribution in [-0.2, 0) is 10.0 Å². The lowest BCUT2D eigenvalue weighted by atomic mass is 10.0. The van der Waals surface area contributed by atoms with Crippen molar-refractivity contribution in [3.8, 4) is 11.1 Å². The number of aromatic carboxylic acids is 1. The van der Waals surface area contributed by atoms with Crippen molar-refractivity contribution in [2.24, 2.45) is 0 Å². The fraction of sp³-hybridized carbons (Fsp3) is 0.235. The molecule has 2 aromatic carbocycles. The molecule has 0 amide bonds. The molecule has 0 aromatic heterocycles. The van der Waals surface area contributed by atoms with E-state index >= 15 is 0 Å². The van der Waals surface area contributed by atoms with Crippen molar-refractivity contribution in [1.29, 1.82) is 0 Å². The van der Waals surface area contributed by atoms with E-state index in [-0.39, 0.29) is 10.5 Å². The van der Waals surface area contributed by atoms with E-state index in [4.69, 9.17) is 5.11 Å². The number of rotatable bonds is 4. The number of nitrogens with one attached hydrogen (secondary N) is 1. The van der Waals surface area contributed by atoms with Gasteiger partial charge < -0.3 is 5.11 Å². The first kappa shape index (κ1) is 17.2. The molecular formula is C17H19NO4S. The molecule has 0 fully saturated rings. The van der Waals surface area contributed by atoms with Gasteiger partial charge in [0.15, 0.2) is 0 Å². The van der Waals surface area contributed by atoms with Gasteiger partial charge in [0.25, 0.3) is 0 Å². The molecule has 0 aliphatic carbocycles. The molecule has 0 spiro atoms. The summed E-state index contributed by atoms with van der Waals surface area (Å²) in [6.07, 6.45) is 0. The van der Waals surface area contributed by atoms with Crippen LogP contribution in [0.25, 0.3) is 11.1 Å². The minimum atomic E-state index is -3.61. The van der Waals surface area contributed by atoms with Gasteiger partial charge in [-0.25, -0.2) is 17.9 Å². The Labute approximate surface area is 136 Å². The van der Waals surface area contributed by atoms with Crippen LogP contribution in [0, 0.1) is 0 Å². The van der Waals surface area contributed by atoms with E-state index in [0.717, 1.165) is 5.56 Å². The summed E-state index contributed by atoms with van der Waals surface area (Å²) in [6, 6.07) is 12.9. The van der Waals surface area contributed by atoms with Crippen LogP contribution >= 0.6 is 0 Å². The summed E-state index contributed by atoms with van der Waals surface area (Å²) >= 11 is 0. The summed E-state index contributed by atoms with van der Waals surface area (Å²) in [4.78, 5) is 11.1. The number of hydrogen-bond donors (Lipinski definition) is 2. The minimum absolute atomic E-state index is 0.173. The molecule has 23 heavy (non-hydrogen) atoms. The summed E-state index contributed by atoms with van der Waals surface area (Å²) in [5, 5.41) is 8.92. The molecule has 0 saturated carbocycles. The van der Waals surface area contributed by atoms with Gasteiger partial charge in [-0.05, 0) is 56.2 Å². The van der Waals surface area contributed by atoms with Crippen molar-refractivity contribution in [3.63, 3.8) is 0 Å². The average molecular weight is 333 g/mol. The maximum Gasteiger partial charge on any atom is 0.335 e. The minimum Gasteiger partial charge on any atom is -0.478 e. The van der Waals surface area contributed by atoms with Gasteiger partial charge in [0, 0.05) is 5.54 Å². The lowest BCUT2D eigenvalue weighted by Gasteiger charge is -2.20. The molecule has 0 saturated heterocycles. The molecule has 2 rings (SSSR count). The van der Waals surface area contributed by atoms with E-state index in [1.54, 1.807) is 51.1 Å². The molecule has 6 heteroatoms. The average Bonchev–Trinajstić information content (AvgIpc) is 2.45. The SMILES string of the molecule is CC(C)(C)NS(=O)(=O)c1cccc(-c2ccc(C(=O)O)cc2)c1. The monoisotopic (exact) mass is 333 g/mol. The van der Waals surface area contributed by atoms with Crippen LogP contribution in [0.3, 0.4) is 0 Å². The Morgan fingerprint density at radius 3 is 2.13 bits per heavy atom. The molecule has 2 aromatic rings. The largest absolute Gasteiger partial charge is 0.478 e. The van der Waals surface area contributed by atoms with Gasteiger partial charge in [-0.15, -0.1) is 0 Å². The van der Waals surface area contributed by atoms with Crippen molar-refractivity contribution < 1.29 is 18.3 Å². The first-order chi connectivity index (χ1) is 10.6. The molecule has 0 aliphatic heterocycles. The van der Waals surface area contributed by atoms with Gasteiger partial charge in [-0.3, -0.25) is 0 Å². The Morgan fingerprint density at radius 1 is 1.00 bits per heavy atom. The van der Waals surface area contributed by atoms with E-state index in [1.165, 1.54) is 18.2 Å². The molecule has 2 N–H and O–H groups in total. The second-order valence-electron chi connectivity index (χ2n) is 6.27. The van der Waals surface area contributed by atoms with Crippen LogP contribution in [0.15, 0.2) is 53.4 Å². The van der Waals surface area contributed by atoms with Gasteiger partial charge in [0.1, 0.15) is 0 Å². The molecule has 0 heterocycles. The molecular weight excluding hydrogens is 314 g/mol. The Hall–Kier alpha value is -2.18. The fourth-order valence-electron chi connectivity index (χ4n) is 2.11. The molecule has 5 nitrogen and oxygen atoms in total. The van der Waals surface area contributed by atoms with Crippen molar-refractivity contribution in [2.45, 2.75) is 31.2 Å². The highest BCUT2D eigenvalue weighted by Gasteiger charge is 2.22. The first-order valence-corrected chi connectivity index (χ1v) is 8.55. The Balaban J connectivity index is 2.38. The Kier molecular flexibility index (Phi) is 4.58. The Morgan fingerprint density at radius 2 is 1.61 bits per heavy atom. The van der Waals surface area contributed by atoms with Crippen LogP contribution in [0.1, 0.15) is 31.1 Å². The van der Waals surface area contributed by atoms with Crippen LogP contribution < -0.4 is 4.72 Å². The van der Waals surface area contributed by atoms with E-state index in [1.807, 2.05) is 0 Å². The highest BCUT2D eigenvalue weighted by molar-refractivity contribution is 7.89. The third-order valence-electron chi connectivity index (χ3n) is 3.05. The number of sulfonamides is 1. The summed E-state index contributed by atoms with van der Waals surface area (Å²) in [5.41, 5.74) is 1.08. The molecule has 0 radical (unpaired) electrons. The summed E-state index contributed by atoms with van der Waals surface area (Å²) in [5.74, 6) is -0.998. The van der Waals surface area contributed by atoms with Gasteiger partial charge >= 0.3 is 5.97 Å². The van der Waals surface area contributed by atoms with E-state index in [2.05, 4.69) is 4.72 Å². The third-order valence-corrected chi connectivity index (χ3v) is 4.81. The lowest BCUT2D eigenvalue weighted by molar-refractivity contribution is 0.0697. The second-order valence-corrected chi connectivity index (χ2v) is 7.95. The van der Waals surface area contributed by atoms with E-state index in [0.29, 0.717) is 5.56 Å². The Bertz CT molecular complexity index is 818. The van der Waals surface area contributed by atoms with Crippen molar-refractivity contribution in [3.05, 3.63) is 54.1 Å².